The van der Waals surface area contributed by atoms with Gasteiger partial charge in [-0.2, -0.15) is 0 Å². The summed E-state index contributed by atoms with van der Waals surface area (Å²) < 4.78 is 15.9. The molecule has 0 aromatic heterocycles. The first-order valence-electron chi connectivity index (χ1n) is 7.34. The van der Waals surface area contributed by atoms with Crippen LogP contribution in [0, 0.1) is 10.1 Å². The van der Waals surface area contributed by atoms with Crippen molar-refractivity contribution in [1.29, 1.82) is 0 Å². The summed E-state index contributed by atoms with van der Waals surface area (Å²) in [6, 6.07) is 4.36. The maximum atomic E-state index is 11.6. The average Bonchev–Trinajstić information content (AvgIpc) is 2.54. The number of carbonyl (C=O) groups excluding carboxylic acids is 1. The largest absolute Gasteiger partial charge is 0.419 e. The third-order valence-corrected chi connectivity index (χ3v) is 3.24. The van der Waals surface area contributed by atoms with E-state index in [9.17, 15) is 14.9 Å². The number of carbonyl (C=O) groups is 1. The van der Waals surface area contributed by atoms with Crippen LogP contribution < -0.4 is 4.74 Å². The molecular formula is C15H19NO6. The van der Waals surface area contributed by atoms with Crippen LogP contribution in [-0.2, 0) is 14.3 Å². The third kappa shape index (κ3) is 4.25. The van der Waals surface area contributed by atoms with Crippen LogP contribution in [0.3, 0.4) is 0 Å². The lowest BCUT2D eigenvalue weighted by Crippen LogP contribution is -2.18. The summed E-state index contributed by atoms with van der Waals surface area (Å²) >= 11 is 0. The summed E-state index contributed by atoms with van der Waals surface area (Å²) in [5.74, 6) is -0.520. The summed E-state index contributed by atoms with van der Waals surface area (Å²) in [5.41, 5.74) is 0.278. The van der Waals surface area contributed by atoms with Crippen LogP contribution in [0.1, 0.15) is 44.5 Å². The molecule has 0 N–H and O–H groups in total. The Morgan fingerprint density at radius 3 is 2.77 bits per heavy atom. The van der Waals surface area contributed by atoms with E-state index in [1.807, 2.05) is 6.92 Å². The van der Waals surface area contributed by atoms with Gasteiger partial charge in [0.1, 0.15) is 0 Å². The number of esters is 1. The van der Waals surface area contributed by atoms with Gasteiger partial charge in [-0.25, -0.2) is 0 Å². The van der Waals surface area contributed by atoms with Gasteiger partial charge in [-0.1, -0.05) is 13.3 Å². The predicted octanol–water partition coefficient (Wildman–Crippen LogP) is 3.13. The van der Waals surface area contributed by atoms with E-state index < -0.39 is 17.2 Å². The number of nitro groups is 1. The van der Waals surface area contributed by atoms with Gasteiger partial charge in [0.2, 0.25) is 5.75 Å². The second-order valence-electron chi connectivity index (χ2n) is 4.99. The molecule has 2 rings (SSSR count). The Balaban J connectivity index is 2.16. The summed E-state index contributed by atoms with van der Waals surface area (Å²) in [6.45, 7) is 3.05. The van der Waals surface area contributed by atoms with Crippen molar-refractivity contribution in [3.8, 4) is 5.75 Å². The Kier molecular flexibility index (Phi) is 5.85. The highest BCUT2D eigenvalue weighted by molar-refractivity contribution is 5.73. The molecule has 1 aromatic rings. The van der Waals surface area contributed by atoms with Gasteiger partial charge in [0, 0.05) is 18.1 Å². The number of rotatable bonds is 6. The number of unbranched alkanes of at least 4 members (excludes halogenated alkanes) is 1. The molecule has 1 heterocycles. The van der Waals surface area contributed by atoms with Crippen molar-refractivity contribution in [1.82, 2.24) is 0 Å². The minimum Gasteiger partial charge on any atom is -0.419 e. The maximum absolute atomic E-state index is 11.6. The Hall–Kier alpha value is -1.99. The highest BCUT2D eigenvalue weighted by atomic mass is 16.7. The molecule has 22 heavy (non-hydrogen) atoms. The van der Waals surface area contributed by atoms with E-state index in [-0.39, 0.29) is 17.9 Å². The molecule has 0 saturated carbocycles. The van der Waals surface area contributed by atoms with Crippen LogP contribution in [0.15, 0.2) is 18.2 Å². The first-order valence-corrected chi connectivity index (χ1v) is 7.34. The van der Waals surface area contributed by atoms with Crippen molar-refractivity contribution < 1.29 is 23.9 Å². The van der Waals surface area contributed by atoms with E-state index >= 15 is 0 Å². The number of nitro benzene ring substituents is 1. The van der Waals surface area contributed by atoms with Crippen LogP contribution in [0.2, 0.25) is 0 Å². The number of ether oxygens (including phenoxy) is 3. The Bertz CT molecular complexity index is 539. The topological polar surface area (TPSA) is 87.9 Å². The smallest absolute Gasteiger partial charge is 0.312 e. The van der Waals surface area contributed by atoms with E-state index in [1.165, 1.54) is 12.1 Å². The van der Waals surface area contributed by atoms with Crippen LogP contribution >= 0.6 is 0 Å². The van der Waals surface area contributed by atoms with Gasteiger partial charge in [-0.3, -0.25) is 14.9 Å². The highest BCUT2D eigenvalue weighted by Crippen LogP contribution is 2.33. The zero-order valence-corrected chi connectivity index (χ0v) is 12.4. The Morgan fingerprint density at radius 1 is 1.41 bits per heavy atom. The van der Waals surface area contributed by atoms with Crippen molar-refractivity contribution in [2.75, 3.05) is 13.2 Å². The van der Waals surface area contributed by atoms with Gasteiger partial charge >= 0.3 is 11.7 Å². The molecule has 0 unspecified atom stereocenters. The number of hydrogen-bond donors (Lipinski definition) is 0. The summed E-state index contributed by atoms with van der Waals surface area (Å²) in [4.78, 5) is 22.2. The zero-order chi connectivity index (χ0) is 15.9. The van der Waals surface area contributed by atoms with Crippen LogP contribution in [0.4, 0.5) is 5.69 Å². The minimum atomic E-state index is -0.614. The van der Waals surface area contributed by atoms with Crippen LogP contribution in [0.25, 0.3) is 0 Å². The average molecular weight is 309 g/mol. The van der Waals surface area contributed by atoms with Crippen molar-refractivity contribution in [2.45, 2.75) is 38.9 Å². The van der Waals surface area contributed by atoms with Gasteiger partial charge in [0.15, 0.2) is 6.29 Å². The molecule has 0 bridgehead atoms. The molecule has 1 fully saturated rings. The molecule has 0 spiro atoms. The number of benzene rings is 1. The molecule has 0 atom stereocenters. The van der Waals surface area contributed by atoms with Gasteiger partial charge < -0.3 is 14.2 Å². The molecule has 0 amide bonds. The first-order chi connectivity index (χ1) is 10.6. The molecule has 1 aliphatic rings. The summed E-state index contributed by atoms with van der Waals surface area (Å²) in [6.07, 6.45) is 1.97. The fourth-order valence-corrected chi connectivity index (χ4v) is 2.09. The predicted molar refractivity (Wildman–Crippen MR) is 77.5 cm³/mol. The molecule has 1 aromatic carbocycles. The first kappa shape index (κ1) is 16.4. The molecular weight excluding hydrogens is 290 g/mol. The lowest BCUT2D eigenvalue weighted by molar-refractivity contribution is -0.385. The normalized spacial score (nSPS) is 15.5. The van der Waals surface area contributed by atoms with Crippen LogP contribution in [-0.4, -0.2) is 24.1 Å². The number of hydrogen-bond acceptors (Lipinski definition) is 6. The summed E-state index contributed by atoms with van der Waals surface area (Å²) in [5, 5.41) is 11.2. The highest BCUT2D eigenvalue weighted by Gasteiger charge is 2.23. The molecule has 0 radical (unpaired) electrons. The number of nitrogens with zero attached hydrogens (tertiary/aromatic N) is 1. The third-order valence-electron chi connectivity index (χ3n) is 3.24. The molecule has 7 nitrogen and oxygen atoms in total. The molecule has 120 valence electrons. The standard InChI is InChI=1S/C15H19NO6/c1-2-3-5-14(17)22-13-7-6-11(10-12(13)16(18)19)15-20-8-4-9-21-15/h6-7,10,15H,2-5,8-9H2,1H3. The van der Waals surface area contributed by atoms with Crippen LogP contribution in [0.5, 0.6) is 5.75 Å². The van der Waals surface area contributed by atoms with Gasteiger partial charge in [0.05, 0.1) is 18.1 Å². The second-order valence-corrected chi connectivity index (χ2v) is 4.99. The quantitative estimate of drug-likeness (QED) is 0.347. The maximum Gasteiger partial charge on any atom is 0.312 e. The van der Waals surface area contributed by atoms with Crippen molar-refractivity contribution in [3.05, 3.63) is 33.9 Å². The molecule has 1 saturated heterocycles. The van der Waals surface area contributed by atoms with Gasteiger partial charge in [-0.05, 0) is 25.0 Å². The molecule has 0 aliphatic carbocycles. The fourth-order valence-electron chi connectivity index (χ4n) is 2.09. The Morgan fingerprint density at radius 2 is 2.14 bits per heavy atom. The van der Waals surface area contributed by atoms with Crippen molar-refractivity contribution in [2.24, 2.45) is 0 Å². The van der Waals surface area contributed by atoms with Crippen molar-refractivity contribution >= 4 is 11.7 Å². The second kappa shape index (κ2) is 7.86. The summed E-state index contributed by atoms with van der Waals surface area (Å²) in [7, 11) is 0. The van der Waals surface area contributed by atoms with E-state index in [0.717, 1.165) is 12.8 Å². The van der Waals surface area contributed by atoms with E-state index in [1.54, 1.807) is 6.07 Å². The van der Waals surface area contributed by atoms with E-state index in [0.29, 0.717) is 25.2 Å². The fraction of sp³-hybridized carbons (Fsp3) is 0.533. The lowest BCUT2D eigenvalue weighted by atomic mass is 10.1. The molecule has 1 aliphatic heterocycles. The zero-order valence-electron chi connectivity index (χ0n) is 12.4. The van der Waals surface area contributed by atoms with Gasteiger partial charge in [0.25, 0.3) is 0 Å². The minimum absolute atomic E-state index is 0.0503. The lowest BCUT2D eigenvalue weighted by Gasteiger charge is -2.23. The monoisotopic (exact) mass is 309 g/mol. The van der Waals surface area contributed by atoms with Crippen molar-refractivity contribution in [3.63, 3.8) is 0 Å². The Labute approximate surface area is 128 Å². The van der Waals surface area contributed by atoms with E-state index in [2.05, 4.69) is 0 Å². The van der Waals surface area contributed by atoms with E-state index in [4.69, 9.17) is 14.2 Å². The molecule has 7 heteroatoms. The van der Waals surface area contributed by atoms with Gasteiger partial charge in [-0.15, -0.1) is 0 Å². The SMILES string of the molecule is CCCCC(=O)Oc1ccc(C2OCCCO2)cc1[N+](=O)[O-].